The van der Waals surface area contributed by atoms with E-state index in [1.807, 2.05) is 0 Å². The number of hydrogen-bond acceptors (Lipinski definition) is 0. The van der Waals surface area contributed by atoms with Crippen LogP contribution in [0.3, 0.4) is 0 Å². The molecule has 7 rings (SSSR count). The fraction of sp³-hybridized carbons (Fsp3) is 0.0278. The van der Waals surface area contributed by atoms with Gasteiger partial charge in [0.05, 0.1) is 0 Å². The first-order chi connectivity index (χ1) is 18.2. The molecule has 0 aliphatic carbocycles. The van der Waals surface area contributed by atoms with Crippen molar-refractivity contribution in [3.05, 3.63) is 168 Å². The van der Waals surface area contributed by atoms with Crippen LogP contribution in [0.25, 0.3) is 32.3 Å². The van der Waals surface area contributed by atoms with Gasteiger partial charge in [-0.1, -0.05) is 49.4 Å². The summed E-state index contributed by atoms with van der Waals surface area (Å²) in [6.07, 6.45) is 0. The summed E-state index contributed by atoms with van der Waals surface area (Å²) < 4.78 is 1.42. The molecule has 0 saturated heterocycles. The number of hydrogen-bond donors (Lipinski definition) is 0. The predicted molar refractivity (Wildman–Crippen MR) is 157 cm³/mol. The van der Waals surface area contributed by atoms with E-state index >= 15 is 0 Å². The molecule has 0 N–H and O–H groups in total. The Bertz CT molecular complexity index is 1610. The molecule has 176 valence electrons. The Morgan fingerprint density at radius 1 is 0.486 bits per heavy atom. The van der Waals surface area contributed by atoms with Crippen molar-refractivity contribution >= 4 is 35.5 Å². The van der Waals surface area contributed by atoms with E-state index in [0.717, 1.165) is 0 Å². The van der Waals surface area contributed by atoms with Gasteiger partial charge in [-0.05, 0) is 0 Å². The predicted octanol–water partition coefficient (Wildman–Crippen LogP) is 9.38. The zero-order valence-corrected chi connectivity index (χ0v) is 23.4. The van der Waals surface area contributed by atoms with Gasteiger partial charge >= 0.3 is 99.2 Å². The van der Waals surface area contributed by atoms with Gasteiger partial charge in [0.1, 0.15) is 0 Å². The first-order valence-corrected chi connectivity index (χ1v) is 13.8. The van der Waals surface area contributed by atoms with Crippen LogP contribution in [0.5, 0.6) is 0 Å². The van der Waals surface area contributed by atoms with E-state index in [4.69, 9.17) is 0 Å². The van der Waals surface area contributed by atoms with Gasteiger partial charge in [-0.3, -0.25) is 0 Å². The summed E-state index contributed by atoms with van der Waals surface area (Å²) in [6.45, 7) is 2.12. The minimum atomic E-state index is 1.33. The van der Waals surface area contributed by atoms with Crippen LogP contribution in [0.2, 0.25) is 0 Å². The number of aryl methyl sites for hydroxylation is 1. The molecule has 0 heterocycles. The molecule has 0 bridgehead atoms. The number of rotatable bonds is 2. The quantitative estimate of drug-likeness (QED) is 0.188. The van der Waals surface area contributed by atoms with E-state index in [2.05, 4.69) is 159 Å². The Morgan fingerprint density at radius 2 is 0.919 bits per heavy atom. The van der Waals surface area contributed by atoms with Crippen molar-refractivity contribution in [2.75, 3.05) is 0 Å². The Morgan fingerprint density at radius 3 is 1.43 bits per heavy atom. The van der Waals surface area contributed by atoms with Crippen LogP contribution in [-0.2, 0) is 24.2 Å². The van der Waals surface area contributed by atoms with E-state index in [0.29, 0.717) is 0 Å². The summed E-state index contributed by atoms with van der Waals surface area (Å²) in [5.74, 6) is 0. The van der Waals surface area contributed by atoms with Gasteiger partial charge < -0.3 is 0 Å². The average molecular weight is 552 g/mol. The molecule has 0 aromatic heterocycles. The fourth-order valence-electron chi connectivity index (χ4n) is 4.59. The topological polar surface area (TPSA) is 0 Å². The first-order valence-electron chi connectivity index (χ1n) is 12.5. The van der Waals surface area contributed by atoms with Crippen LogP contribution in [-0.4, -0.2) is 3.21 Å². The molecule has 0 spiro atoms. The molecule has 0 aliphatic rings. The Labute approximate surface area is 233 Å². The van der Waals surface area contributed by atoms with Gasteiger partial charge in [-0.25, -0.2) is 0 Å². The van der Waals surface area contributed by atoms with E-state index in [-0.39, 0.29) is 0 Å². The van der Waals surface area contributed by atoms with Crippen LogP contribution >= 0.6 is 0 Å². The van der Waals surface area contributed by atoms with E-state index in [1.165, 1.54) is 76.4 Å². The largest absolute Gasteiger partial charge is 0.126 e. The third-order valence-corrected chi connectivity index (χ3v) is 7.83. The molecular weight excluding hydrogens is 524 g/mol. The Balaban J connectivity index is 0.000000115. The van der Waals surface area contributed by atoms with Gasteiger partial charge in [0.25, 0.3) is 0 Å². The Hall–Kier alpha value is -3.67. The number of fused-ring (bicyclic) bond motifs is 4. The molecule has 0 fully saturated rings. The van der Waals surface area contributed by atoms with Crippen LogP contribution in [0.15, 0.2) is 152 Å². The summed E-state index contributed by atoms with van der Waals surface area (Å²) in [6, 6.07) is 53.2. The molecule has 0 saturated carbocycles. The minimum Gasteiger partial charge on any atom is -0.126 e. The summed E-state index contributed by atoms with van der Waals surface area (Å²) in [7, 11) is 0. The fourth-order valence-corrected chi connectivity index (χ4v) is 5.41. The van der Waals surface area contributed by atoms with Crippen LogP contribution < -0.4 is 0 Å². The van der Waals surface area contributed by atoms with Crippen LogP contribution in [0, 0.1) is 6.92 Å². The standard InChI is InChI=1S/C13H9.C13H10.C10H9.Zr/c1-3-7-12-10(5-1)9-11-6-2-4-8-13(11)12;1-3-7-12(8-4-1)11-13-9-5-2-6-10-13;1-8-6-9-4-2-3-5-10(9)7-8;/h1-9H;1-10H;2-7H,1H3;/q-1;;-1;+2. The van der Waals surface area contributed by atoms with Gasteiger partial charge in [0.2, 0.25) is 0 Å². The monoisotopic (exact) mass is 550 g/mol. The first kappa shape index (κ1) is 25.0. The molecule has 0 atom stereocenters. The molecule has 37 heavy (non-hydrogen) atoms. The second kappa shape index (κ2) is 12.0. The third kappa shape index (κ3) is 6.19. The van der Waals surface area contributed by atoms with Crippen LogP contribution in [0.1, 0.15) is 16.7 Å². The SMILES string of the molecule is Cc1cc2ccccc2[cH-]1.[Zr+2]=[C](c1ccccc1)c1ccccc1.c1ccc2c(c1)[cH-]c1ccccc12. The van der Waals surface area contributed by atoms with Gasteiger partial charge in [-0.2, -0.15) is 6.07 Å². The molecule has 1 heteroatoms. The third-order valence-electron chi connectivity index (χ3n) is 6.41. The second-order valence-corrected chi connectivity index (χ2v) is 10.3. The van der Waals surface area contributed by atoms with Crippen molar-refractivity contribution < 1.29 is 24.2 Å². The zero-order chi connectivity index (χ0) is 25.5. The van der Waals surface area contributed by atoms with Gasteiger partial charge in [-0.15, -0.1) is 80.3 Å². The number of benzene rings is 5. The van der Waals surface area contributed by atoms with Crippen LogP contribution in [0.4, 0.5) is 0 Å². The molecule has 0 amide bonds. The molecule has 0 aliphatic heterocycles. The van der Waals surface area contributed by atoms with E-state index in [9.17, 15) is 0 Å². The molecular formula is C36H28Zr. The molecule has 7 aromatic rings. The molecule has 7 aromatic carbocycles. The van der Waals surface area contributed by atoms with Crippen molar-refractivity contribution in [1.29, 1.82) is 0 Å². The summed E-state index contributed by atoms with van der Waals surface area (Å²) in [5.41, 5.74) is 4.01. The maximum Gasteiger partial charge on any atom is -0.0771 e. The van der Waals surface area contributed by atoms with Crippen molar-refractivity contribution in [3.63, 3.8) is 0 Å². The Kier molecular flexibility index (Phi) is 8.14. The average Bonchev–Trinajstić information content (AvgIpc) is 3.54. The van der Waals surface area contributed by atoms with Gasteiger partial charge in [0.15, 0.2) is 0 Å². The van der Waals surface area contributed by atoms with Gasteiger partial charge in [0, 0.05) is 0 Å². The zero-order valence-electron chi connectivity index (χ0n) is 20.9. The molecule has 0 radical (unpaired) electrons. The van der Waals surface area contributed by atoms with Crippen molar-refractivity contribution in [2.24, 2.45) is 0 Å². The normalized spacial score (nSPS) is 10.5. The van der Waals surface area contributed by atoms with Crippen molar-refractivity contribution in [1.82, 2.24) is 0 Å². The second-order valence-electron chi connectivity index (χ2n) is 9.09. The van der Waals surface area contributed by atoms with E-state index in [1.54, 1.807) is 0 Å². The molecule has 0 unspecified atom stereocenters. The summed E-state index contributed by atoms with van der Waals surface area (Å²) in [4.78, 5) is 0. The summed E-state index contributed by atoms with van der Waals surface area (Å²) >= 11 is 1.46. The minimum absolute atomic E-state index is 1.33. The maximum absolute atomic E-state index is 2.24. The maximum atomic E-state index is 2.24. The van der Waals surface area contributed by atoms with Crippen molar-refractivity contribution in [3.8, 4) is 0 Å². The smallest absolute Gasteiger partial charge is 0.0771 e. The van der Waals surface area contributed by atoms with Crippen molar-refractivity contribution in [2.45, 2.75) is 6.92 Å². The summed E-state index contributed by atoms with van der Waals surface area (Å²) in [5, 5.41) is 8.09. The van der Waals surface area contributed by atoms with E-state index < -0.39 is 0 Å². The molecule has 0 nitrogen and oxygen atoms in total.